The van der Waals surface area contributed by atoms with E-state index in [1.54, 1.807) is 14.2 Å². The van der Waals surface area contributed by atoms with E-state index in [1.807, 2.05) is 50.2 Å². The van der Waals surface area contributed by atoms with Crippen molar-refractivity contribution in [2.75, 3.05) is 14.2 Å². The zero-order valence-electron chi connectivity index (χ0n) is 7.87. The highest BCUT2D eigenvalue weighted by atomic mass is 16.4. The Morgan fingerprint density at radius 2 is 0.727 bits per heavy atom. The molecule has 0 amide bonds. The monoisotopic (exact) mass is 154 g/mol. The topological polar surface area (TPSA) is 9.23 Å². The van der Waals surface area contributed by atoms with Crippen molar-refractivity contribution in [2.45, 2.75) is 13.8 Å². The maximum Gasteiger partial charge on any atom is 0.0351 e. The van der Waals surface area contributed by atoms with E-state index in [0.29, 0.717) is 0 Å². The van der Waals surface area contributed by atoms with Crippen LogP contribution in [0.1, 0.15) is 13.8 Å². The fourth-order valence-electron chi connectivity index (χ4n) is 0.385. The highest BCUT2D eigenvalue weighted by molar-refractivity contribution is 4.99. The van der Waals surface area contributed by atoms with Gasteiger partial charge in [-0.25, -0.2) is 0 Å². The molecule has 64 valence electrons. The Balaban J connectivity index is 0. The summed E-state index contributed by atoms with van der Waals surface area (Å²) in [7, 11) is 3.25. The Morgan fingerprint density at radius 1 is 0.636 bits per heavy atom. The highest BCUT2D eigenvalue weighted by Gasteiger charge is 1.57. The Bertz CT molecular complexity index is 87.7. The second kappa shape index (κ2) is 16.1. The van der Waals surface area contributed by atoms with Crippen LogP contribution in [0, 0.1) is 0 Å². The Labute approximate surface area is 70.0 Å². The molecule has 0 spiro atoms. The van der Waals surface area contributed by atoms with Gasteiger partial charge in [-0.15, -0.1) is 0 Å². The minimum Gasteiger partial charge on any atom is -0.388 e. The number of rotatable bonds is 0. The molecule has 0 heterocycles. The lowest BCUT2D eigenvalue weighted by Gasteiger charge is -1.69. The van der Waals surface area contributed by atoms with Gasteiger partial charge in [-0.2, -0.15) is 0 Å². The van der Waals surface area contributed by atoms with Gasteiger partial charge in [-0.3, -0.25) is 0 Å². The van der Waals surface area contributed by atoms with Crippen LogP contribution in [0.5, 0.6) is 0 Å². The number of hydrogen-bond acceptors (Lipinski definition) is 1. The van der Waals surface area contributed by atoms with E-state index in [9.17, 15) is 0 Å². The van der Waals surface area contributed by atoms with E-state index in [2.05, 4.69) is 4.74 Å². The molecule has 0 N–H and O–H groups in total. The first-order valence-electron chi connectivity index (χ1n) is 3.82. The Morgan fingerprint density at radius 3 is 0.818 bits per heavy atom. The van der Waals surface area contributed by atoms with Crippen LogP contribution in [-0.2, 0) is 4.74 Å². The number of benzene rings is 1. The van der Waals surface area contributed by atoms with Crippen molar-refractivity contribution in [3.05, 3.63) is 36.4 Å². The van der Waals surface area contributed by atoms with Crippen LogP contribution in [0.4, 0.5) is 0 Å². The molecule has 1 nitrogen and oxygen atoms in total. The molecule has 0 radical (unpaired) electrons. The van der Waals surface area contributed by atoms with E-state index in [4.69, 9.17) is 0 Å². The minimum absolute atomic E-state index is 1.62. The van der Waals surface area contributed by atoms with Crippen LogP contribution < -0.4 is 0 Å². The molecule has 11 heavy (non-hydrogen) atoms. The average molecular weight is 154 g/mol. The maximum absolute atomic E-state index is 4.25. The molecule has 0 aliphatic heterocycles. The SMILES string of the molecule is CC.COC.c1ccccc1. The summed E-state index contributed by atoms with van der Waals surface area (Å²) in [6.07, 6.45) is 0. The molecule has 0 saturated heterocycles. The standard InChI is InChI=1S/C6H6.C2H6O.C2H6/c1-2-4-6-5-3-1;1-3-2;1-2/h1-6H;1-2H3;1-2H3. The van der Waals surface area contributed by atoms with Gasteiger partial charge >= 0.3 is 0 Å². The summed E-state index contributed by atoms with van der Waals surface area (Å²) in [6.45, 7) is 4.00. The Kier molecular flexibility index (Phi) is 18.7. The summed E-state index contributed by atoms with van der Waals surface area (Å²) in [5, 5.41) is 0. The van der Waals surface area contributed by atoms with Crippen molar-refractivity contribution in [1.29, 1.82) is 0 Å². The number of hydrogen-bond donors (Lipinski definition) is 0. The first-order valence-corrected chi connectivity index (χ1v) is 3.82. The maximum atomic E-state index is 4.25. The van der Waals surface area contributed by atoms with Crippen molar-refractivity contribution in [3.8, 4) is 0 Å². The van der Waals surface area contributed by atoms with E-state index in [0.717, 1.165) is 0 Å². The summed E-state index contributed by atoms with van der Waals surface area (Å²) in [6, 6.07) is 12.0. The molecular weight excluding hydrogens is 136 g/mol. The smallest absolute Gasteiger partial charge is 0.0351 e. The van der Waals surface area contributed by atoms with E-state index >= 15 is 0 Å². The van der Waals surface area contributed by atoms with E-state index < -0.39 is 0 Å². The summed E-state index contributed by atoms with van der Waals surface area (Å²) in [4.78, 5) is 0. The van der Waals surface area contributed by atoms with E-state index in [1.165, 1.54) is 0 Å². The molecule has 1 aromatic carbocycles. The highest BCUT2D eigenvalue weighted by Crippen LogP contribution is 1.79. The van der Waals surface area contributed by atoms with Gasteiger partial charge in [0.05, 0.1) is 0 Å². The fourth-order valence-corrected chi connectivity index (χ4v) is 0.385. The van der Waals surface area contributed by atoms with Crippen LogP contribution in [0.2, 0.25) is 0 Å². The molecule has 0 bridgehead atoms. The molecule has 0 aliphatic rings. The molecule has 0 aliphatic carbocycles. The molecule has 0 aromatic heterocycles. The van der Waals surface area contributed by atoms with Crippen molar-refractivity contribution in [1.82, 2.24) is 0 Å². The van der Waals surface area contributed by atoms with Crippen LogP contribution >= 0.6 is 0 Å². The van der Waals surface area contributed by atoms with Gasteiger partial charge in [0, 0.05) is 14.2 Å². The molecule has 0 saturated carbocycles. The van der Waals surface area contributed by atoms with Gasteiger partial charge in [0.2, 0.25) is 0 Å². The van der Waals surface area contributed by atoms with Gasteiger partial charge in [0.1, 0.15) is 0 Å². The quantitative estimate of drug-likeness (QED) is 0.558. The predicted octanol–water partition coefficient (Wildman–Crippen LogP) is 2.98. The average Bonchev–Trinajstić information content (AvgIpc) is 2.12. The third-order valence-corrected chi connectivity index (χ3v) is 0.667. The first kappa shape index (κ1) is 12.8. The van der Waals surface area contributed by atoms with Gasteiger partial charge in [0.15, 0.2) is 0 Å². The third kappa shape index (κ3) is 17.6. The molecule has 0 fully saturated rings. The van der Waals surface area contributed by atoms with Gasteiger partial charge in [0.25, 0.3) is 0 Å². The van der Waals surface area contributed by atoms with Gasteiger partial charge in [-0.05, 0) is 0 Å². The van der Waals surface area contributed by atoms with Crippen LogP contribution in [0.15, 0.2) is 36.4 Å². The zero-order chi connectivity index (χ0) is 8.95. The van der Waals surface area contributed by atoms with Gasteiger partial charge in [-0.1, -0.05) is 50.2 Å². The summed E-state index contributed by atoms with van der Waals surface area (Å²) in [5.41, 5.74) is 0. The summed E-state index contributed by atoms with van der Waals surface area (Å²) < 4.78 is 4.25. The van der Waals surface area contributed by atoms with Crippen molar-refractivity contribution in [3.63, 3.8) is 0 Å². The lowest BCUT2D eigenvalue weighted by molar-refractivity contribution is 0.277. The molecule has 1 rings (SSSR count). The number of methoxy groups -OCH3 is 1. The second-order valence-electron chi connectivity index (χ2n) is 1.56. The summed E-state index contributed by atoms with van der Waals surface area (Å²) >= 11 is 0. The molecule has 1 heteroatoms. The molecule has 0 atom stereocenters. The normalized spacial score (nSPS) is 6.55. The number of ether oxygens (including phenoxy) is 1. The third-order valence-electron chi connectivity index (χ3n) is 0.667. The minimum atomic E-state index is 1.62. The molecule has 0 unspecified atom stereocenters. The Hall–Kier alpha value is -0.820. The molecule has 1 aromatic rings. The largest absolute Gasteiger partial charge is 0.388 e. The van der Waals surface area contributed by atoms with E-state index in [-0.39, 0.29) is 0 Å². The van der Waals surface area contributed by atoms with Crippen molar-refractivity contribution >= 4 is 0 Å². The fraction of sp³-hybridized carbons (Fsp3) is 0.400. The van der Waals surface area contributed by atoms with Crippen LogP contribution in [-0.4, -0.2) is 14.2 Å². The zero-order valence-corrected chi connectivity index (χ0v) is 7.87. The lowest BCUT2D eigenvalue weighted by atomic mass is 10.4. The van der Waals surface area contributed by atoms with Crippen molar-refractivity contribution < 1.29 is 4.74 Å². The van der Waals surface area contributed by atoms with Crippen LogP contribution in [0.25, 0.3) is 0 Å². The van der Waals surface area contributed by atoms with Crippen LogP contribution in [0.3, 0.4) is 0 Å². The van der Waals surface area contributed by atoms with Gasteiger partial charge < -0.3 is 4.74 Å². The molecular formula is C10H18O. The predicted molar refractivity (Wildman–Crippen MR) is 50.7 cm³/mol. The van der Waals surface area contributed by atoms with Crippen molar-refractivity contribution in [2.24, 2.45) is 0 Å². The lowest BCUT2D eigenvalue weighted by Crippen LogP contribution is -1.55. The summed E-state index contributed by atoms with van der Waals surface area (Å²) in [5.74, 6) is 0. The second-order valence-corrected chi connectivity index (χ2v) is 1.56. The first-order chi connectivity index (χ1) is 5.41.